The van der Waals surface area contributed by atoms with Crippen LogP contribution in [-0.4, -0.2) is 29.4 Å². The number of nitrogens with zero attached hydrogens (tertiary/aromatic N) is 2. The molecule has 0 spiro atoms. The smallest absolute Gasteiger partial charge is 0.260 e. The maximum atomic E-state index is 5.61. The summed E-state index contributed by atoms with van der Waals surface area (Å²) < 4.78 is 10.8. The van der Waals surface area contributed by atoms with Gasteiger partial charge in [0, 0.05) is 18.8 Å². The lowest BCUT2D eigenvalue weighted by Gasteiger charge is -2.13. The molecule has 0 bridgehead atoms. The van der Waals surface area contributed by atoms with E-state index in [1.165, 1.54) is 0 Å². The van der Waals surface area contributed by atoms with E-state index in [1.807, 2.05) is 31.2 Å². The molecule has 1 aliphatic rings. The lowest BCUT2D eigenvalue weighted by atomic mass is 10.1. The van der Waals surface area contributed by atoms with E-state index < -0.39 is 0 Å². The van der Waals surface area contributed by atoms with Crippen molar-refractivity contribution in [3.63, 3.8) is 0 Å². The molecule has 5 nitrogen and oxygen atoms in total. The predicted octanol–water partition coefficient (Wildman–Crippen LogP) is 2.64. The summed E-state index contributed by atoms with van der Waals surface area (Å²) in [6.45, 7) is 3.50. The fourth-order valence-corrected chi connectivity index (χ4v) is 2.26. The SMILES string of the molecule is Cc1noc(-c2ccccc2NCC2CCCO2)n1. The first-order valence-corrected chi connectivity index (χ1v) is 6.58. The largest absolute Gasteiger partial charge is 0.382 e. The first kappa shape index (κ1) is 12.2. The minimum atomic E-state index is 0.303. The van der Waals surface area contributed by atoms with Gasteiger partial charge in [0.25, 0.3) is 5.89 Å². The summed E-state index contributed by atoms with van der Waals surface area (Å²) in [6, 6.07) is 7.95. The minimum Gasteiger partial charge on any atom is -0.382 e. The van der Waals surface area contributed by atoms with Crippen LogP contribution in [0.2, 0.25) is 0 Å². The molecule has 1 aromatic carbocycles. The molecule has 5 heteroatoms. The Kier molecular flexibility index (Phi) is 3.46. The third-order valence-corrected chi connectivity index (χ3v) is 3.23. The third-order valence-electron chi connectivity index (χ3n) is 3.23. The molecule has 0 amide bonds. The summed E-state index contributed by atoms with van der Waals surface area (Å²) >= 11 is 0. The van der Waals surface area contributed by atoms with Crippen LogP contribution in [0.25, 0.3) is 11.5 Å². The van der Waals surface area contributed by atoms with Gasteiger partial charge in [-0.15, -0.1) is 0 Å². The van der Waals surface area contributed by atoms with Crippen molar-refractivity contribution < 1.29 is 9.26 Å². The summed E-state index contributed by atoms with van der Waals surface area (Å²) in [5.74, 6) is 1.19. The van der Waals surface area contributed by atoms with Gasteiger partial charge in [0.05, 0.1) is 11.7 Å². The van der Waals surface area contributed by atoms with E-state index in [9.17, 15) is 0 Å². The van der Waals surface area contributed by atoms with Crippen molar-refractivity contribution in [2.24, 2.45) is 0 Å². The number of benzene rings is 1. The number of anilines is 1. The quantitative estimate of drug-likeness (QED) is 0.914. The average Bonchev–Trinajstić information content (AvgIpc) is 3.08. The monoisotopic (exact) mass is 259 g/mol. The number of aryl methyl sites for hydroxylation is 1. The molecule has 3 rings (SSSR count). The van der Waals surface area contributed by atoms with E-state index in [-0.39, 0.29) is 0 Å². The van der Waals surface area contributed by atoms with Gasteiger partial charge in [-0.3, -0.25) is 0 Å². The molecule has 1 saturated heterocycles. The Morgan fingerprint density at radius 1 is 1.37 bits per heavy atom. The molecule has 1 fully saturated rings. The highest BCUT2D eigenvalue weighted by Gasteiger charge is 2.16. The Labute approximate surface area is 112 Å². The van der Waals surface area contributed by atoms with Crippen LogP contribution in [0.3, 0.4) is 0 Å². The lowest BCUT2D eigenvalue weighted by Crippen LogP contribution is -2.18. The summed E-state index contributed by atoms with van der Waals surface area (Å²) in [6.07, 6.45) is 2.57. The summed E-state index contributed by atoms with van der Waals surface area (Å²) in [5.41, 5.74) is 1.93. The second-order valence-electron chi connectivity index (χ2n) is 4.71. The van der Waals surface area contributed by atoms with E-state index in [0.717, 1.165) is 37.2 Å². The van der Waals surface area contributed by atoms with Crippen LogP contribution in [-0.2, 0) is 4.74 Å². The van der Waals surface area contributed by atoms with Crippen molar-refractivity contribution in [1.29, 1.82) is 0 Å². The molecule has 2 aromatic rings. The van der Waals surface area contributed by atoms with Gasteiger partial charge in [-0.25, -0.2) is 0 Å². The van der Waals surface area contributed by atoms with E-state index in [0.29, 0.717) is 17.8 Å². The molecule has 100 valence electrons. The summed E-state index contributed by atoms with van der Waals surface area (Å²) in [7, 11) is 0. The third kappa shape index (κ3) is 2.76. The van der Waals surface area contributed by atoms with E-state index in [1.54, 1.807) is 0 Å². The molecule has 1 aromatic heterocycles. The first-order valence-electron chi connectivity index (χ1n) is 6.58. The molecule has 0 radical (unpaired) electrons. The van der Waals surface area contributed by atoms with Crippen LogP contribution >= 0.6 is 0 Å². The Morgan fingerprint density at radius 3 is 3.00 bits per heavy atom. The molecule has 19 heavy (non-hydrogen) atoms. The standard InChI is InChI=1S/C14H17N3O2/c1-10-16-14(19-17-10)12-6-2-3-7-13(12)15-9-11-5-4-8-18-11/h2-3,6-7,11,15H,4-5,8-9H2,1H3. The van der Waals surface area contributed by atoms with Gasteiger partial charge >= 0.3 is 0 Å². The number of nitrogens with one attached hydrogen (secondary N) is 1. The van der Waals surface area contributed by atoms with Gasteiger partial charge in [-0.05, 0) is 31.9 Å². The minimum absolute atomic E-state index is 0.303. The fraction of sp³-hybridized carbons (Fsp3) is 0.429. The lowest BCUT2D eigenvalue weighted by molar-refractivity contribution is 0.120. The molecule has 1 N–H and O–H groups in total. The maximum absolute atomic E-state index is 5.61. The van der Waals surface area contributed by atoms with Crippen LogP contribution in [0.5, 0.6) is 0 Å². The number of ether oxygens (including phenoxy) is 1. The van der Waals surface area contributed by atoms with E-state index in [4.69, 9.17) is 9.26 Å². The van der Waals surface area contributed by atoms with Crippen molar-refractivity contribution in [3.8, 4) is 11.5 Å². The summed E-state index contributed by atoms with van der Waals surface area (Å²) in [5, 5.41) is 7.24. The predicted molar refractivity (Wildman–Crippen MR) is 71.9 cm³/mol. The molecule has 2 heterocycles. The zero-order chi connectivity index (χ0) is 13.1. The second kappa shape index (κ2) is 5.40. The van der Waals surface area contributed by atoms with Crippen molar-refractivity contribution in [2.75, 3.05) is 18.5 Å². The fourth-order valence-electron chi connectivity index (χ4n) is 2.26. The van der Waals surface area contributed by atoms with Gasteiger partial charge in [-0.2, -0.15) is 4.98 Å². The molecule has 0 aliphatic carbocycles. The zero-order valence-electron chi connectivity index (χ0n) is 10.9. The number of para-hydroxylation sites is 1. The number of hydrogen-bond acceptors (Lipinski definition) is 5. The van der Waals surface area contributed by atoms with Crippen LogP contribution in [0.4, 0.5) is 5.69 Å². The topological polar surface area (TPSA) is 60.2 Å². The number of rotatable bonds is 4. The van der Waals surface area contributed by atoms with Crippen molar-refractivity contribution >= 4 is 5.69 Å². The van der Waals surface area contributed by atoms with Crippen LogP contribution in [0.1, 0.15) is 18.7 Å². The highest BCUT2D eigenvalue weighted by atomic mass is 16.5. The average molecular weight is 259 g/mol. The first-order chi connectivity index (χ1) is 9.33. The Hall–Kier alpha value is -1.88. The van der Waals surface area contributed by atoms with Gasteiger partial charge in [0.15, 0.2) is 5.82 Å². The molecule has 1 atom stereocenters. The van der Waals surface area contributed by atoms with Crippen LogP contribution in [0.15, 0.2) is 28.8 Å². The van der Waals surface area contributed by atoms with Crippen LogP contribution in [0, 0.1) is 6.92 Å². The Morgan fingerprint density at radius 2 is 2.26 bits per heavy atom. The Bertz CT molecular complexity index is 547. The highest BCUT2D eigenvalue weighted by Crippen LogP contribution is 2.26. The van der Waals surface area contributed by atoms with Gasteiger partial charge in [-0.1, -0.05) is 17.3 Å². The molecular formula is C14H17N3O2. The molecular weight excluding hydrogens is 242 g/mol. The number of hydrogen-bond donors (Lipinski definition) is 1. The van der Waals surface area contributed by atoms with Crippen LogP contribution < -0.4 is 5.32 Å². The van der Waals surface area contributed by atoms with Gasteiger partial charge < -0.3 is 14.6 Å². The van der Waals surface area contributed by atoms with Crippen molar-refractivity contribution in [2.45, 2.75) is 25.9 Å². The van der Waals surface area contributed by atoms with Crippen molar-refractivity contribution in [3.05, 3.63) is 30.1 Å². The maximum Gasteiger partial charge on any atom is 0.260 e. The molecule has 1 aliphatic heterocycles. The Balaban J connectivity index is 1.77. The normalized spacial score (nSPS) is 18.7. The number of aromatic nitrogens is 2. The zero-order valence-corrected chi connectivity index (χ0v) is 10.9. The van der Waals surface area contributed by atoms with Gasteiger partial charge in [0.1, 0.15) is 0 Å². The van der Waals surface area contributed by atoms with E-state index in [2.05, 4.69) is 15.5 Å². The molecule has 1 unspecified atom stereocenters. The summed E-state index contributed by atoms with van der Waals surface area (Å²) in [4.78, 5) is 4.27. The molecule has 0 saturated carbocycles. The van der Waals surface area contributed by atoms with Gasteiger partial charge in [0.2, 0.25) is 0 Å². The van der Waals surface area contributed by atoms with E-state index >= 15 is 0 Å². The second-order valence-corrected chi connectivity index (χ2v) is 4.71. The van der Waals surface area contributed by atoms with Crippen molar-refractivity contribution in [1.82, 2.24) is 10.1 Å². The highest BCUT2D eigenvalue weighted by molar-refractivity contribution is 5.72.